The van der Waals surface area contributed by atoms with Crippen LogP contribution < -0.4 is 5.73 Å². The van der Waals surface area contributed by atoms with Crippen molar-refractivity contribution in [2.75, 3.05) is 19.8 Å². The molecular formula is C58H101NO13Si2. The minimum atomic E-state index is -1.94. The fraction of sp³-hybridized carbons (Fsp3) is 0.707. The zero-order chi connectivity index (χ0) is 57.6. The van der Waals surface area contributed by atoms with Gasteiger partial charge in [0.2, 0.25) is 16.6 Å². The number of ether oxygens (including phenoxy) is 6. The smallest absolute Gasteiger partial charge is 0.466 e. The number of carbonyl (C=O) groups excluding carboxylic acids is 5. The second-order valence-electron chi connectivity index (χ2n) is 23.7. The van der Waals surface area contributed by atoms with Crippen molar-refractivity contribution >= 4 is 46.9 Å². The van der Waals surface area contributed by atoms with Crippen molar-refractivity contribution in [3.05, 3.63) is 70.8 Å². The normalized spacial score (nSPS) is 13.2. The van der Waals surface area contributed by atoms with E-state index in [0.29, 0.717) is 66.1 Å². The van der Waals surface area contributed by atoms with E-state index in [-0.39, 0.29) is 30.9 Å². The first kappa shape index (κ1) is 69.9. The van der Waals surface area contributed by atoms with Gasteiger partial charge in [0.05, 0.1) is 38.3 Å². The van der Waals surface area contributed by atoms with E-state index in [0.717, 1.165) is 22.3 Å². The van der Waals surface area contributed by atoms with Crippen LogP contribution in [-0.2, 0) is 64.9 Å². The van der Waals surface area contributed by atoms with Crippen molar-refractivity contribution in [3.8, 4) is 0 Å². The predicted octanol–water partition coefficient (Wildman–Crippen LogP) is 15.0. The summed E-state index contributed by atoms with van der Waals surface area (Å²) in [4.78, 5) is 58.8. The van der Waals surface area contributed by atoms with Gasteiger partial charge in [0.1, 0.15) is 16.8 Å². The third-order valence-corrected chi connectivity index (χ3v) is 24.7. The van der Waals surface area contributed by atoms with Gasteiger partial charge < -0.3 is 43.0 Å². The van der Waals surface area contributed by atoms with Gasteiger partial charge in [-0.2, -0.15) is 0 Å². The third kappa shape index (κ3) is 24.3. The molecule has 0 fully saturated rings. The maximum absolute atomic E-state index is 12.6. The highest BCUT2D eigenvalue weighted by molar-refractivity contribution is 6.78. The standard InChI is InChI=1S/C27H46O5Si.C21H37NO3Si.C10H18O5/c1-11-30-26(29)24(16-17-25(28)32-27(8,9)10)23-14-12-22(13-15-23)18-31-33(19(2)3,20(4)5)21(6)7;1-8-24-21(23)20(13-22)19-11-9-18(10-12-19)14-25-26(15(2)3,16(4)5)17(6)7;1-9(2,3)14-7(11)13-8(12)15-10(4,5)6/h12-15,19-21,24H,11,16-18H2,1-10H3;9-12,15-17,20H,8,13-14,22H2,1-7H3;1-6H3. The van der Waals surface area contributed by atoms with E-state index < -0.39 is 57.6 Å². The van der Waals surface area contributed by atoms with Gasteiger partial charge in [-0.15, -0.1) is 0 Å². The summed E-state index contributed by atoms with van der Waals surface area (Å²) in [5.74, 6) is -1.77. The molecule has 16 heteroatoms. The van der Waals surface area contributed by atoms with E-state index >= 15 is 0 Å². The topological polar surface area (TPSA) is 185 Å². The molecule has 424 valence electrons. The van der Waals surface area contributed by atoms with Crippen LogP contribution in [0.3, 0.4) is 0 Å². The maximum Gasteiger partial charge on any atom is 0.519 e. The van der Waals surface area contributed by atoms with Crippen LogP contribution >= 0.6 is 0 Å². The lowest BCUT2D eigenvalue weighted by molar-refractivity contribution is -0.155. The van der Waals surface area contributed by atoms with Gasteiger partial charge in [-0.3, -0.25) is 14.4 Å². The molecule has 0 heterocycles. The van der Waals surface area contributed by atoms with Crippen LogP contribution in [0.5, 0.6) is 0 Å². The lowest BCUT2D eigenvalue weighted by Gasteiger charge is -2.42. The Labute approximate surface area is 449 Å². The molecule has 2 atom stereocenters. The molecule has 2 aromatic carbocycles. The number of rotatable bonds is 22. The number of hydrogen-bond donors (Lipinski definition) is 1. The second kappa shape index (κ2) is 31.8. The van der Waals surface area contributed by atoms with E-state index in [2.05, 4.69) is 87.8 Å². The predicted molar refractivity (Wildman–Crippen MR) is 301 cm³/mol. The molecule has 0 spiro atoms. The minimum absolute atomic E-state index is 0.164. The highest BCUT2D eigenvalue weighted by Gasteiger charge is 2.46. The van der Waals surface area contributed by atoms with Crippen molar-refractivity contribution in [2.45, 2.75) is 247 Å². The average molecular weight is 1080 g/mol. The third-order valence-electron chi connectivity index (χ3n) is 12.5. The van der Waals surface area contributed by atoms with Crippen molar-refractivity contribution in [1.29, 1.82) is 0 Å². The molecule has 2 rings (SSSR count). The first-order chi connectivity index (χ1) is 33.9. The SMILES string of the molecule is CC(C)(C)OC(=O)OC(=O)OC(C)(C)C.CCOC(=O)C(CCC(=O)OC(C)(C)C)c1ccc(CO[Si](C(C)C)(C(C)C)C(C)C)cc1.CCOC(=O)C(CN)c1ccc(CO[Si](C(C)C)(C(C)C)C(C)C)cc1. The molecule has 0 bridgehead atoms. The molecule has 0 saturated carbocycles. The molecule has 0 aliphatic carbocycles. The van der Waals surface area contributed by atoms with E-state index in [1.807, 2.05) is 69.3 Å². The lowest BCUT2D eigenvalue weighted by Crippen LogP contribution is -2.47. The number of benzene rings is 2. The highest BCUT2D eigenvalue weighted by atomic mass is 28.4. The molecule has 0 radical (unpaired) electrons. The van der Waals surface area contributed by atoms with Gasteiger partial charge in [-0.1, -0.05) is 132 Å². The number of hydrogen-bond acceptors (Lipinski definition) is 14. The highest BCUT2D eigenvalue weighted by Crippen LogP contribution is 2.44. The monoisotopic (exact) mass is 1080 g/mol. The van der Waals surface area contributed by atoms with Crippen molar-refractivity contribution < 1.29 is 61.2 Å². The molecule has 2 aromatic rings. The molecule has 0 amide bonds. The summed E-state index contributed by atoms with van der Waals surface area (Å²) in [6.45, 7) is 48.7. The van der Waals surface area contributed by atoms with Crippen LogP contribution in [0.4, 0.5) is 9.59 Å². The molecule has 0 aliphatic rings. The first-order valence-corrected chi connectivity index (χ1v) is 31.1. The van der Waals surface area contributed by atoms with Crippen molar-refractivity contribution in [2.24, 2.45) is 5.73 Å². The quantitative estimate of drug-likeness (QED) is 0.0508. The van der Waals surface area contributed by atoms with Gasteiger partial charge >= 0.3 is 30.2 Å². The Balaban J connectivity index is 0.00000116. The Hall–Kier alpha value is -4.10. The van der Waals surface area contributed by atoms with Crippen LogP contribution in [0, 0.1) is 0 Å². The molecule has 0 saturated heterocycles. The fourth-order valence-corrected chi connectivity index (χ4v) is 20.5. The van der Waals surface area contributed by atoms with E-state index in [4.69, 9.17) is 38.3 Å². The van der Waals surface area contributed by atoms with Gasteiger partial charge in [0.15, 0.2) is 0 Å². The Kier molecular flexibility index (Phi) is 30.1. The van der Waals surface area contributed by atoms with Gasteiger partial charge in [-0.25, -0.2) is 9.59 Å². The summed E-state index contributed by atoms with van der Waals surface area (Å²) in [5.41, 5.74) is 11.1. The first-order valence-electron chi connectivity index (χ1n) is 26.8. The molecule has 14 nitrogen and oxygen atoms in total. The van der Waals surface area contributed by atoms with Crippen molar-refractivity contribution in [1.82, 2.24) is 0 Å². The largest absolute Gasteiger partial charge is 0.519 e. The maximum atomic E-state index is 12.6. The summed E-state index contributed by atoms with van der Waals surface area (Å²) < 4.78 is 42.9. The van der Waals surface area contributed by atoms with E-state index in [1.165, 1.54) is 0 Å². The van der Waals surface area contributed by atoms with Crippen LogP contribution in [0.2, 0.25) is 33.2 Å². The van der Waals surface area contributed by atoms with E-state index in [1.54, 1.807) is 55.4 Å². The van der Waals surface area contributed by atoms with Crippen LogP contribution in [0.15, 0.2) is 48.5 Å². The number of nitrogens with two attached hydrogens (primary N) is 1. The van der Waals surface area contributed by atoms with Crippen LogP contribution in [0.1, 0.15) is 206 Å². The number of carbonyl (C=O) groups is 5. The summed E-state index contributed by atoms with van der Waals surface area (Å²) >= 11 is 0. The minimum Gasteiger partial charge on any atom is -0.466 e. The molecule has 74 heavy (non-hydrogen) atoms. The van der Waals surface area contributed by atoms with E-state index in [9.17, 15) is 24.0 Å². The van der Waals surface area contributed by atoms with Crippen molar-refractivity contribution in [3.63, 3.8) is 0 Å². The number of esters is 3. The molecule has 0 aromatic heterocycles. The second-order valence-corrected chi connectivity index (χ2v) is 34.6. The summed E-state index contributed by atoms with van der Waals surface area (Å²) in [5, 5.41) is 0. The Bertz CT molecular complexity index is 1910. The molecular weight excluding hydrogens is 975 g/mol. The summed E-state index contributed by atoms with van der Waals surface area (Å²) in [6, 6.07) is 16.0. The van der Waals surface area contributed by atoms with Crippen LogP contribution in [-0.4, -0.2) is 83.4 Å². The van der Waals surface area contributed by atoms with Crippen LogP contribution in [0.25, 0.3) is 0 Å². The zero-order valence-corrected chi connectivity index (χ0v) is 52.1. The molecule has 2 unspecified atom stereocenters. The Morgan fingerprint density at radius 3 is 1.04 bits per heavy atom. The van der Waals surface area contributed by atoms with Gasteiger partial charge in [-0.05, 0) is 138 Å². The Morgan fingerprint density at radius 2 is 0.770 bits per heavy atom. The molecule has 0 aliphatic heterocycles. The summed E-state index contributed by atoms with van der Waals surface area (Å²) in [7, 11) is -3.82. The summed E-state index contributed by atoms with van der Waals surface area (Å²) in [6.07, 6.45) is -1.60. The lowest BCUT2D eigenvalue weighted by atomic mass is 9.93. The average Bonchev–Trinajstić information content (AvgIpc) is 3.23. The van der Waals surface area contributed by atoms with Gasteiger partial charge in [0, 0.05) is 13.0 Å². The fourth-order valence-electron chi connectivity index (χ4n) is 9.65. The molecule has 2 N–H and O–H groups in total. The van der Waals surface area contributed by atoms with Gasteiger partial charge in [0.25, 0.3) is 0 Å². The zero-order valence-electron chi connectivity index (χ0n) is 50.1. The Morgan fingerprint density at radius 1 is 0.473 bits per heavy atom.